The Hall–Kier alpha value is -1.48. The number of carboxylic acids is 1. The third kappa shape index (κ3) is 5.43. The van der Waals surface area contributed by atoms with Crippen molar-refractivity contribution in [3.8, 4) is 0 Å². The van der Waals surface area contributed by atoms with Crippen LogP contribution in [0.4, 0.5) is 13.6 Å². The summed E-state index contributed by atoms with van der Waals surface area (Å²) in [6.07, 6.45) is -2.54. The summed E-state index contributed by atoms with van der Waals surface area (Å²) in [4.78, 5) is 24.5. The van der Waals surface area contributed by atoms with Crippen LogP contribution in [0, 0.1) is 5.92 Å². The van der Waals surface area contributed by atoms with Crippen molar-refractivity contribution in [2.45, 2.75) is 19.4 Å². The van der Waals surface area contributed by atoms with Crippen molar-refractivity contribution < 1.29 is 33.0 Å². The van der Waals surface area contributed by atoms with E-state index in [-0.39, 0.29) is 26.4 Å². The molecule has 122 valence electrons. The SMILES string of the molecule is CCN(C(=O)NCCOCC(F)F)C1COCC1C(=O)O. The Balaban J connectivity index is 2.40. The molecule has 1 fully saturated rings. The number of carbonyl (C=O) groups excluding carboxylic acids is 1. The van der Waals surface area contributed by atoms with E-state index in [2.05, 4.69) is 10.1 Å². The first-order chi connectivity index (χ1) is 9.97. The number of urea groups is 1. The number of amides is 2. The van der Waals surface area contributed by atoms with Crippen LogP contribution in [0.25, 0.3) is 0 Å². The lowest BCUT2D eigenvalue weighted by atomic mass is 10.0. The minimum atomic E-state index is -2.54. The van der Waals surface area contributed by atoms with Gasteiger partial charge in [0.25, 0.3) is 6.43 Å². The molecule has 0 spiro atoms. The summed E-state index contributed by atoms with van der Waals surface area (Å²) < 4.78 is 33.4. The highest BCUT2D eigenvalue weighted by atomic mass is 19.3. The number of hydrogen-bond acceptors (Lipinski definition) is 4. The van der Waals surface area contributed by atoms with E-state index >= 15 is 0 Å². The van der Waals surface area contributed by atoms with Gasteiger partial charge in [-0.2, -0.15) is 0 Å². The number of hydrogen-bond donors (Lipinski definition) is 2. The summed E-state index contributed by atoms with van der Waals surface area (Å²) in [6, 6.07) is -0.991. The Kier molecular flexibility index (Phi) is 7.30. The molecule has 2 amide bonds. The minimum Gasteiger partial charge on any atom is -0.481 e. The molecule has 0 saturated carbocycles. The lowest BCUT2D eigenvalue weighted by molar-refractivity contribution is -0.142. The number of rotatable bonds is 8. The quantitative estimate of drug-likeness (QED) is 0.634. The third-order valence-electron chi connectivity index (χ3n) is 3.14. The smallest absolute Gasteiger partial charge is 0.317 e. The van der Waals surface area contributed by atoms with Crippen molar-refractivity contribution in [2.75, 3.05) is 39.5 Å². The van der Waals surface area contributed by atoms with Crippen molar-refractivity contribution in [3.05, 3.63) is 0 Å². The Bertz CT molecular complexity index is 357. The largest absolute Gasteiger partial charge is 0.481 e. The molecule has 0 radical (unpaired) electrons. The fourth-order valence-corrected chi connectivity index (χ4v) is 2.12. The van der Waals surface area contributed by atoms with Gasteiger partial charge in [-0.1, -0.05) is 0 Å². The number of alkyl halides is 2. The van der Waals surface area contributed by atoms with Gasteiger partial charge in [0.1, 0.15) is 12.5 Å². The lowest BCUT2D eigenvalue weighted by Crippen LogP contribution is -2.51. The Morgan fingerprint density at radius 3 is 2.76 bits per heavy atom. The van der Waals surface area contributed by atoms with Crippen LogP contribution in [-0.2, 0) is 14.3 Å². The molecule has 0 aromatic heterocycles. The van der Waals surface area contributed by atoms with Crippen molar-refractivity contribution in [3.63, 3.8) is 0 Å². The van der Waals surface area contributed by atoms with Crippen LogP contribution in [-0.4, -0.2) is 74.0 Å². The average Bonchev–Trinajstić information content (AvgIpc) is 2.88. The molecule has 9 heteroatoms. The molecule has 0 bridgehead atoms. The Morgan fingerprint density at radius 2 is 2.19 bits per heavy atom. The number of carbonyl (C=O) groups is 2. The van der Waals surface area contributed by atoms with E-state index in [1.807, 2.05) is 0 Å². The van der Waals surface area contributed by atoms with Gasteiger partial charge < -0.3 is 24.8 Å². The maximum atomic E-state index is 12.0. The highest BCUT2D eigenvalue weighted by Crippen LogP contribution is 2.20. The van der Waals surface area contributed by atoms with Crippen LogP contribution >= 0.6 is 0 Å². The van der Waals surface area contributed by atoms with Crippen molar-refractivity contribution in [2.24, 2.45) is 5.92 Å². The van der Waals surface area contributed by atoms with Gasteiger partial charge in [0, 0.05) is 13.1 Å². The molecule has 1 rings (SSSR count). The van der Waals surface area contributed by atoms with E-state index in [0.29, 0.717) is 6.54 Å². The summed E-state index contributed by atoms with van der Waals surface area (Å²) in [7, 11) is 0. The summed E-state index contributed by atoms with van der Waals surface area (Å²) in [5, 5.41) is 11.6. The average molecular weight is 310 g/mol. The molecule has 1 heterocycles. The lowest BCUT2D eigenvalue weighted by Gasteiger charge is -2.29. The number of likely N-dealkylation sites (N-methyl/N-ethyl adjacent to an activating group) is 1. The van der Waals surface area contributed by atoms with Crippen molar-refractivity contribution in [1.82, 2.24) is 10.2 Å². The second-order valence-electron chi connectivity index (χ2n) is 4.53. The normalized spacial score (nSPS) is 21.5. The van der Waals surface area contributed by atoms with Crippen LogP contribution in [0.1, 0.15) is 6.92 Å². The summed E-state index contributed by atoms with van der Waals surface area (Å²) in [5.74, 6) is -1.77. The predicted molar refractivity (Wildman–Crippen MR) is 68.3 cm³/mol. The van der Waals surface area contributed by atoms with E-state index in [1.54, 1.807) is 6.92 Å². The van der Waals surface area contributed by atoms with Gasteiger partial charge in [0.15, 0.2) is 0 Å². The molecule has 1 aliphatic heterocycles. The zero-order valence-electron chi connectivity index (χ0n) is 11.8. The Labute approximate surface area is 121 Å². The molecule has 1 saturated heterocycles. The first kappa shape index (κ1) is 17.6. The highest BCUT2D eigenvalue weighted by molar-refractivity contribution is 5.77. The number of halogens is 2. The van der Waals surface area contributed by atoms with Gasteiger partial charge in [-0.15, -0.1) is 0 Å². The number of nitrogens with zero attached hydrogens (tertiary/aromatic N) is 1. The molecule has 2 N–H and O–H groups in total. The predicted octanol–water partition coefficient (Wildman–Crippen LogP) is 0.399. The minimum absolute atomic E-state index is 0.0306. The summed E-state index contributed by atoms with van der Waals surface area (Å²) in [5.41, 5.74) is 0. The molecule has 2 unspecified atom stereocenters. The molecule has 1 aliphatic rings. The van der Waals surface area contributed by atoms with E-state index in [9.17, 15) is 18.4 Å². The molecule has 7 nitrogen and oxygen atoms in total. The zero-order chi connectivity index (χ0) is 15.8. The van der Waals surface area contributed by atoms with Crippen LogP contribution in [0.5, 0.6) is 0 Å². The highest BCUT2D eigenvalue weighted by Gasteiger charge is 2.39. The maximum Gasteiger partial charge on any atom is 0.317 e. The van der Waals surface area contributed by atoms with Gasteiger partial charge in [-0.3, -0.25) is 4.79 Å². The van der Waals surface area contributed by atoms with Gasteiger partial charge >= 0.3 is 12.0 Å². The van der Waals surface area contributed by atoms with E-state index in [4.69, 9.17) is 9.84 Å². The fraction of sp³-hybridized carbons (Fsp3) is 0.833. The summed E-state index contributed by atoms with van der Waals surface area (Å²) in [6.45, 7) is 1.66. The molecule has 2 atom stereocenters. The zero-order valence-corrected chi connectivity index (χ0v) is 11.8. The van der Waals surface area contributed by atoms with Crippen LogP contribution in [0.2, 0.25) is 0 Å². The molecule has 0 aliphatic carbocycles. The molecular weight excluding hydrogens is 290 g/mol. The number of carboxylic acid groups (broad SMARTS) is 1. The van der Waals surface area contributed by atoms with Gasteiger partial charge in [-0.25, -0.2) is 13.6 Å². The Morgan fingerprint density at radius 1 is 1.48 bits per heavy atom. The second-order valence-corrected chi connectivity index (χ2v) is 4.53. The van der Waals surface area contributed by atoms with Crippen molar-refractivity contribution >= 4 is 12.0 Å². The van der Waals surface area contributed by atoms with E-state index in [0.717, 1.165) is 0 Å². The fourth-order valence-electron chi connectivity index (χ4n) is 2.12. The standard InChI is InChI=1S/C12H20F2N2O5/c1-2-16(9-6-21-5-8(9)11(17)18)12(19)15-3-4-20-7-10(13)14/h8-10H,2-7H2,1H3,(H,15,19)(H,17,18). The molecule has 0 aromatic rings. The third-order valence-corrected chi connectivity index (χ3v) is 3.14. The van der Waals surface area contributed by atoms with Crippen LogP contribution in [0.15, 0.2) is 0 Å². The summed E-state index contributed by atoms with van der Waals surface area (Å²) >= 11 is 0. The number of ether oxygens (including phenoxy) is 2. The topological polar surface area (TPSA) is 88.1 Å². The number of nitrogens with one attached hydrogen (secondary N) is 1. The van der Waals surface area contributed by atoms with Crippen molar-refractivity contribution in [1.29, 1.82) is 0 Å². The van der Waals surface area contributed by atoms with Gasteiger partial charge in [0.2, 0.25) is 0 Å². The maximum absolute atomic E-state index is 12.0. The molecule has 21 heavy (non-hydrogen) atoms. The second kappa shape index (κ2) is 8.73. The molecular formula is C12H20F2N2O5. The number of aliphatic carboxylic acids is 1. The molecule has 0 aromatic carbocycles. The van der Waals surface area contributed by atoms with E-state index in [1.165, 1.54) is 4.90 Å². The van der Waals surface area contributed by atoms with Crippen LogP contribution in [0.3, 0.4) is 0 Å². The van der Waals surface area contributed by atoms with Crippen LogP contribution < -0.4 is 5.32 Å². The monoisotopic (exact) mass is 310 g/mol. The van der Waals surface area contributed by atoms with E-state index < -0.39 is 37.0 Å². The van der Waals surface area contributed by atoms with Gasteiger partial charge in [-0.05, 0) is 6.92 Å². The first-order valence-corrected chi connectivity index (χ1v) is 6.68. The van der Waals surface area contributed by atoms with Gasteiger partial charge in [0.05, 0.1) is 25.9 Å². The first-order valence-electron chi connectivity index (χ1n) is 6.68.